The zero-order valence-electron chi connectivity index (χ0n) is 10.2. The van der Waals surface area contributed by atoms with Gasteiger partial charge < -0.3 is 0 Å². The van der Waals surface area contributed by atoms with Crippen LogP contribution in [0.2, 0.25) is 0 Å². The molecule has 0 spiro atoms. The average molecular weight is 256 g/mol. The van der Waals surface area contributed by atoms with Crippen LogP contribution in [0.1, 0.15) is 27.7 Å². The lowest BCUT2D eigenvalue weighted by molar-refractivity contribution is 0.314. The Morgan fingerprint density at radius 2 is 1.67 bits per heavy atom. The number of hydrogen-bond donors (Lipinski definition) is 0. The molecule has 0 saturated carbocycles. The average Bonchev–Trinajstić information content (AvgIpc) is 2.14. The third kappa shape index (κ3) is 4.70. The lowest BCUT2D eigenvalue weighted by Gasteiger charge is -2.28. The Balaban J connectivity index is 4.59. The first kappa shape index (κ1) is 15.2. The van der Waals surface area contributed by atoms with Crippen LogP contribution >= 0.6 is 11.6 Å². The van der Waals surface area contributed by atoms with Crippen LogP contribution in [-0.2, 0) is 10.0 Å². The summed E-state index contributed by atoms with van der Waals surface area (Å²) in [5.74, 6) is 0.822. The normalized spacial score (nSPS) is 17.1. The molecule has 0 rings (SSSR count). The van der Waals surface area contributed by atoms with Gasteiger partial charge in [-0.2, -0.15) is 0 Å². The topological polar surface area (TPSA) is 37.4 Å². The molecule has 0 amide bonds. The van der Waals surface area contributed by atoms with E-state index in [2.05, 4.69) is 0 Å². The standard InChI is InChI=1S/C10H22ClNO2S/c1-8(2)10(4)12(5)15(13,14)7-9(3)6-11/h8-10H,6-7H2,1-5H3. The van der Waals surface area contributed by atoms with Crippen LogP contribution < -0.4 is 0 Å². The van der Waals surface area contributed by atoms with Crippen molar-refractivity contribution in [3.05, 3.63) is 0 Å². The van der Waals surface area contributed by atoms with Gasteiger partial charge in [-0.1, -0.05) is 20.8 Å². The van der Waals surface area contributed by atoms with E-state index < -0.39 is 10.0 Å². The van der Waals surface area contributed by atoms with E-state index in [1.54, 1.807) is 7.05 Å². The molecule has 0 N–H and O–H groups in total. The third-order valence-electron chi connectivity index (χ3n) is 2.74. The molecule has 2 atom stereocenters. The zero-order chi connectivity index (χ0) is 12.2. The van der Waals surface area contributed by atoms with E-state index in [0.29, 0.717) is 11.8 Å². The van der Waals surface area contributed by atoms with Crippen LogP contribution in [0.4, 0.5) is 0 Å². The smallest absolute Gasteiger partial charge is 0.212 e. The lowest BCUT2D eigenvalue weighted by atomic mass is 10.1. The summed E-state index contributed by atoms with van der Waals surface area (Å²) in [5.41, 5.74) is 0. The van der Waals surface area contributed by atoms with E-state index in [1.165, 1.54) is 4.31 Å². The Hall–Kier alpha value is 0.200. The van der Waals surface area contributed by atoms with Gasteiger partial charge in [0, 0.05) is 19.0 Å². The van der Waals surface area contributed by atoms with E-state index in [9.17, 15) is 8.42 Å². The molecule has 15 heavy (non-hydrogen) atoms. The largest absolute Gasteiger partial charge is 0.214 e. The maximum absolute atomic E-state index is 11.9. The van der Waals surface area contributed by atoms with Crippen molar-refractivity contribution in [2.24, 2.45) is 11.8 Å². The molecule has 0 aliphatic carbocycles. The fourth-order valence-electron chi connectivity index (χ4n) is 1.19. The molecule has 0 aromatic carbocycles. The quantitative estimate of drug-likeness (QED) is 0.683. The lowest BCUT2D eigenvalue weighted by Crippen LogP contribution is -2.40. The van der Waals surface area contributed by atoms with E-state index in [0.717, 1.165) is 0 Å². The third-order valence-corrected chi connectivity index (χ3v) is 5.46. The van der Waals surface area contributed by atoms with Crippen molar-refractivity contribution in [2.75, 3.05) is 18.7 Å². The minimum absolute atomic E-state index is 0.00141. The zero-order valence-corrected chi connectivity index (χ0v) is 11.8. The number of sulfonamides is 1. The SMILES string of the molecule is CC(CCl)CS(=O)(=O)N(C)C(C)C(C)C. The molecular formula is C10H22ClNO2S. The van der Waals surface area contributed by atoms with Crippen LogP contribution in [0.3, 0.4) is 0 Å². The monoisotopic (exact) mass is 255 g/mol. The van der Waals surface area contributed by atoms with Gasteiger partial charge in [0.1, 0.15) is 0 Å². The van der Waals surface area contributed by atoms with Gasteiger partial charge in [0.2, 0.25) is 10.0 Å². The van der Waals surface area contributed by atoms with Gasteiger partial charge in [0.15, 0.2) is 0 Å². The number of nitrogens with zero attached hydrogens (tertiary/aromatic N) is 1. The predicted octanol–water partition coefficient (Wildman–Crippen LogP) is 2.17. The Bertz CT molecular complexity index is 277. The molecule has 5 heteroatoms. The maximum Gasteiger partial charge on any atom is 0.214 e. The Kier molecular flexibility index (Phi) is 6.14. The van der Waals surface area contributed by atoms with Crippen molar-refractivity contribution >= 4 is 21.6 Å². The first-order chi connectivity index (χ1) is 6.72. The number of hydrogen-bond acceptors (Lipinski definition) is 2. The fourth-order valence-corrected chi connectivity index (χ4v) is 3.26. The summed E-state index contributed by atoms with van der Waals surface area (Å²) in [5, 5.41) is 0. The molecule has 3 nitrogen and oxygen atoms in total. The number of rotatable bonds is 6. The first-order valence-electron chi connectivity index (χ1n) is 5.24. The van der Waals surface area contributed by atoms with Crippen LogP contribution in [0.25, 0.3) is 0 Å². The second-order valence-corrected chi connectivity index (χ2v) is 6.92. The van der Waals surface area contributed by atoms with Crippen LogP contribution in [0, 0.1) is 11.8 Å². The summed E-state index contributed by atoms with van der Waals surface area (Å²) in [6.45, 7) is 7.80. The van der Waals surface area contributed by atoms with Gasteiger partial charge in [-0.25, -0.2) is 12.7 Å². The highest BCUT2D eigenvalue weighted by atomic mass is 35.5. The second kappa shape index (κ2) is 6.06. The van der Waals surface area contributed by atoms with Crippen molar-refractivity contribution in [2.45, 2.75) is 33.7 Å². The van der Waals surface area contributed by atoms with Crippen molar-refractivity contribution in [1.29, 1.82) is 0 Å². The maximum atomic E-state index is 11.9. The minimum atomic E-state index is -3.17. The summed E-state index contributed by atoms with van der Waals surface area (Å²) < 4.78 is 25.3. The van der Waals surface area contributed by atoms with Crippen LogP contribution in [0.15, 0.2) is 0 Å². The summed E-state index contributed by atoms with van der Waals surface area (Å²) >= 11 is 5.62. The van der Waals surface area contributed by atoms with Gasteiger partial charge in [-0.15, -0.1) is 11.6 Å². The Labute approximate surface area is 98.8 Å². The molecule has 92 valence electrons. The second-order valence-electron chi connectivity index (χ2n) is 4.54. The summed E-state index contributed by atoms with van der Waals surface area (Å²) in [4.78, 5) is 0. The van der Waals surface area contributed by atoms with Gasteiger partial charge in [-0.05, 0) is 18.8 Å². The molecule has 0 radical (unpaired) electrons. The van der Waals surface area contributed by atoms with Gasteiger partial charge in [0.05, 0.1) is 5.75 Å². The predicted molar refractivity (Wildman–Crippen MR) is 65.7 cm³/mol. The molecule has 0 aromatic heterocycles. The molecule has 0 fully saturated rings. The van der Waals surface area contributed by atoms with E-state index in [4.69, 9.17) is 11.6 Å². The Morgan fingerprint density at radius 1 is 1.20 bits per heavy atom. The van der Waals surface area contributed by atoms with Crippen molar-refractivity contribution in [1.82, 2.24) is 4.31 Å². The molecule has 0 aromatic rings. The van der Waals surface area contributed by atoms with E-state index in [-0.39, 0.29) is 17.7 Å². The fraction of sp³-hybridized carbons (Fsp3) is 1.00. The highest BCUT2D eigenvalue weighted by molar-refractivity contribution is 7.89. The highest BCUT2D eigenvalue weighted by Gasteiger charge is 2.26. The highest BCUT2D eigenvalue weighted by Crippen LogP contribution is 2.15. The summed E-state index contributed by atoms with van der Waals surface area (Å²) in [7, 11) is -1.53. The minimum Gasteiger partial charge on any atom is -0.212 e. The molecular weight excluding hydrogens is 234 g/mol. The molecule has 0 heterocycles. The van der Waals surface area contributed by atoms with Crippen molar-refractivity contribution in [3.8, 4) is 0 Å². The van der Waals surface area contributed by atoms with Crippen LogP contribution in [-0.4, -0.2) is 37.4 Å². The number of alkyl halides is 1. The molecule has 0 bridgehead atoms. The van der Waals surface area contributed by atoms with Crippen LogP contribution in [0.5, 0.6) is 0 Å². The summed E-state index contributed by atoms with van der Waals surface area (Å²) in [6, 6.07) is 0.0255. The van der Waals surface area contributed by atoms with E-state index >= 15 is 0 Å². The summed E-state index contributed by atoms with van der Waals surface area (Å²) in [6.07, 6.45) is 0. The van der Waals surface area contributed by atoms with Crippen molar-refractivity contribution in [3.63, 3.8) is 0 Å². The Morgan fingerprint density at radius 3 is 2.00 bits per heavy atom. The van der Waals surface area contributed by atoms with E-state index in [1.807, 2.05) is 27.7 Å². The van der Waals surface area contributed by atoms with Gasteiger partial charge >= 0.3 is 0 Å². The molecule has 0 aliphatic rings. The van der Waals surface area contributed by atoms with Gasteiger partial charge in [-0.3, -0.25) is 0 Å². The van der Waals surface area contributed by atoms with Gasteiger partial charge in [0.25, 0.3) is 0 Å². The van der Waals surface area contributed by atoms with Crippen molar-refractivity contribution < 1.29 is 8.42 Å². The molecule has 0 saturated heterocycles. The molecule has 0 aliphatic heterocycles. The number of halogens is 1. The molecule has 2 unspecified atom stereocenters. The first-order valence-corrected chi connectivity index (χ1v) is 7.38.